The Morgan fingerprint density at radius 3 is 2.65 bits per heavy atom. The van der Waals surface area contributed by atoms with Crippen molar-refractivity contribution in [3.63, 3.8) is 0 Å². The average molecular weight is 241 g/mol. The van der Waals surface area contributed by atoms with E-state index in [9.17, 15) is 10.2 Å². The molecule has 0 fully saturated rings. The molecule has 0 spiro atoms. The third-order valence-electron chi connectivity index (χ3n) is 2.55. The van der Waals surface area contributed by atoms with Crippen molar-refractivity contribution >= 4 is 0 Å². The van der Waals surface area contributed by atoms with Gasteiger partial charge in [0.2, 0.25) is 0 Å². The highest BCUT2D eigenvalue weighted by Gasteiger charge is 2.15. The van der Waals surface area contributed by atoms with E-state index in [0.29, 0.717) is 12.2 Å². The molecule has 0 amide bonds. The zero-order valence-electron chi connectivity index (χ0n) is 10.1. The molecule has 0 bridgehead atoms. The predicted octanol–water partition coefficient (Wildman–Crippen LogP) is 0.756. The molecule has 17 heavy (non-hydrogen) atoms. The van der Waals surface area contributed by atoms with Crippen LogP contribution in [0.15, 0.2) is 18.2 Å². The molecule has 96 valence electrons. The fraction of sp³-hybridized carbons (Fsp3) is 0.500. The van der Waals surface area contributed by atoms with Gasteiger partial charge >= 0.3 is 0 Å². The summed E-state index contributed by atoms with van der Waals surface area (Å²) >= 11 is 0. The van der Waals surface area contributed by atoms with Crippen molar-refractivity contribution in [2.24, 2.45) is 0 Å². The minimum Gasteiger partial charge on any atom is -0.508 e. The van der Waals surface area contributed by atoms with Crippen LogP contribution in [-0.4, -0.2) is 41.7 Å². The van der Waals surface area contributed by atoms with Gasteiger partial charge in [-0.05, 0) is 25.1 Å². The van der Waals surface area contributed by atoms with Crippen LogP contribution in [0.2, 0.25) is 0 Å². The average Bonchev–Trinajstić information content (AvgIpc) is 2.31. The second kappa shape index (κ2) is 6.44. The molecule has 0 heterocycles. The lowest BCUT2D eigenvalue weighted by Crippen LogP contribution is -2.38. The van der Waals surface area contributed by atoms with Gasteiger partial charge in [-0.2, -0.15) is 0 Å². The number of phenols is 2. The SMILES string of the molecule is COCC(CO)NC(C)c1cc(O)ccc1O. The zero-order valence-corrected chi connectivity index (χ0v) is 10.1. The van der Waals surface area contributed by atoms with Gasteiger partial charge in [-0.1, -0.05) is 0 Å². The van der Waals surface area contributed by atoms with Gasteiger partial charge in [-0.3, -0.25) is 0 Å². The standard InChI is InChI=1S/C12H19NO4/c1-8(13-9(6-14)7-17-2)11-5-10(15)3-4-12(11)16/h3-5,8-9,13-16H,6-7H2,1-2H3. The minimum absolute atomic E-state index is 0.0578. The molecule has 2 unspecified atom stereocenters. The van der Waals surface area contributed by atoms with E-state index in [0.717, 1.165) is 0 Å². The topological polar surface area (TPSA) is 82.0 Å². The number of benzene rings is 1. The minimum atomic E-state index is -0.211. The van der Waals surface area contributed by atoms with Gasteiger partial charge < -0.3 is 25.4 Å². The molecule has 0 saturated carbocycles. The summed E-state index contributed by atoms with van der Waals surface area (Å²) in [5, 5.41) is 31.3. The number of aromatic hydroxyl groups is 2. The summed E-state index contributed by atoms with van der Waals surface area (Å²) in [5.74, 6) is 0.204. The van der Waals surface area contributed by atoms with E-state index >= 15 is 0 Å². The van der Waals surface area contributed by atoms with Crippen LogP contribution in [0, 0.1) is 0 Å². The molecule has 0 aromatic heterocycles. The molecule has 0 aliphatic heterocycles. The summed E-state index contributed by atoms with van der Waals surface area (Å²) in [7, 11) is 1.56. The fourth-order valence-electron chi connectivity index (χ4n) is 1.69. The van der Waals surface area contributed by atoms with Crippen molar-refractivity contribution in [2.45, 2.75) is 19.0 Å². The first-order valence-electron chi connectivity index (χ1n) is 5.46. The molecule has 0 radical (unpaired) electrons. The maximum Gasteiger partial charge on any atom is 0.120 e. The number of ether oxygens (including phenoxy) is 1. The van der Waals surface area contributed by atoms with E-state index in [1.165, 1.54) is 18.2 Å². The van der Waals surface area contributed by atoms with Crippen LogP contribution in [0.5, 0.6) is 11.5 Å². The largest absolute Gasteiger partial charge is 0.508 e. The summed E-state index contributed by atoms with van der Waals surface area (Å²) in [5.41, 5.74) is 0.583. The first-order valence-corrected chi connectivity index (χ1v) is 5.46. The maximum atomic E-state index is 9.68. The van der Waals surface area contributed by atoms with E-state index < -0.39 is 0 Å². The molecule has 5 heteroatoms. The monoisotopic (exact) mass is 241 g/mol. The van der Waals surface area contributed by atoms with Crippen LogP contribution in [0.4, 0.5) is 0 Å². The van der Waals surface area contributed by atoms with Crippen LogP contribution >= 0.6 is 0 Å². The van der Waals surface area contributed by atoms with Gasteiger partial charge in [0.25, 0.3) is 0 Å². The predicted molar refractivity (Wildman–Crippen MR) is 64.1 cm³/mol. The zero-order chi connectivity index (χ0) is 12.8. The first-order chi connectivity index (χ1) is 8.08. The van der Waals surface area contributed by atoms with E-state index in [2.05, 4.69) is 5.32 Å². The highest BCUT2D eigenvalue weighted by Crippen LogP contribution is 2.27. The lowest BCUT2D eigenvalue weighted by molar-refractivity contribution is 0.123. The normalized spacial score (nSPS) is 14.5. The molecule has 1 rings (SSSR count). The van der Waals surface area contributed by atoms with Crippen molar-refractivity contribution in [2.75, 3.05) is 20.3 Å². The number of methoxy groups -OCH3 is 1. The summed E-state index contributed by atoms with van der Waals surface area (Å²) in [4.78, 5) is 0. The molecule has 0 aliphatic carbocycles. The third kappa shape index (κ3) is 3.89. The second-order valence-electron chi connectivity index (χ2n) is 3.97. The maximum absolute atomic E-state index is 9.68. The Kier molecular flexibility index (Phi) is 5.21. The van der Waals surface area contributed by atoms with Gasteiger partial charge in [-0.15, -0.1) is 0 Å². The quantitative estimate of drug-likeness (QED) is 0.553. The highest BCUT2D eigenvalue weighted by molar-refractivity contribution is 5.40. The van der Waals surface area contributed by atoms with Crippen molar-refractivity contribution < 1.29 is 20.1 Å². The number of aliphatic hydroxyl groups is 1. The van der Waals surface area contributed by atoms with Crippen LogP contribution in [0.3, 0.4) is 0 Å². The molecule has 0 aliphatic rings. The van der Waals surface area contributed by atoms with Crippen LogP contribution in [0.1, 0.15) is 18.5 Å². The van der Waals surface area contributed by atoms with Gasteiger partial charge in [0.1, 0.15) is 11.5 Å². The Morgan fingerprint density at radius 2 is 2.06 bits per heavy atom. The van der Waals surface area contributed by atoms with Crippen LogP contribution in [0.25, 0.3) is 0 Å². The summed E-state index contributed by atoms with van der Waals surface area (Å²) in [6.45, 7) is 2.16. The first kappa shape index (κ1) is 13.8. The number of hydrogen-bond donors (Lipinski definition) is 4. The smallest absolute Gasteiger partial charge is 0.120 e. The second-order valence-corrected chi connectivity index (χ2v) is 3.97. The van der Waals surface area contributed by atoms with E-state index in [1.54, 1.807) is 7.11 Å². The van der Waals surface area contributed by atoms with Crippen molar-refractivity contribution in [3.8, 4) is 11.5 Å². The molecule has 5 nitrogen and oxygen atoms in total. The molecular formula is C12H19NO4. The Morgan fingerprint density at radius 1 is 1.35 bits per heavy atom. The molecule has 0 saturated heterocycles. The van der Waals surface area contributed by atoms with Gasteiger partial charge in [0.05, 0.1) is 19.3 Å². The Labute approximate surface area is 101 Å². The molecule has 1 aromatic rings. The van der Waals surface area contributed by atoms with Gasteiger partial charge in [-0.25, -0.2) is 0 Å². The number of aliphatic hydroxyl groups excluding tert-OH is 1. The van der Waals surface area contributed by atoms with E-state index in [1.807, 2.05) is 6.92 Å². The fourth-order valence-corrected chi connectivity index (χ4v) is 1.69. The highest BCUT2D eigenvalue weighted by atomic mass is 16.5. The lowest BCUT2D eigenvalue weighted by atomic mass is 10.1. The van der Waals surface area contributed by atoms with Crippen molar-refractivity contribution in [3.05, 3.63) is 23.8 Å². The number of rotatable bonds is 6. The Bertz CT molecular complexity index is 356. The van der Waals surface area contributed by atoms with Crippen molar-refractivity contribution in [1.82, 2.24) is 5.32 Å². The molecule has 4 N–H and O–H groups in total. The summed E-state index contributed by atoms with van der Waals surface area (Å²) in [6.07, 6.45) is 0. The Balaban J connectivity index is 2.74. The van der Waals surface area contributed by atoms with Crippen LogP contribution in [-0.2, 0) is 4.74 Å². The van der Waals surface area contributed by atoms with E-state index in [-0.39, 0.29) is 30.2 Å². The van der Waals surface area contributed by atoms with Crippen LogP contribution < -0.4 is 5.32 Å². The Hall–Kier alpha value is -1.30. The lowest BCUT2D eigenvalue weighted by Gasteiger charge is -2.22. The molecular weight excluding hydrogens is 222 g/mol. The number of hydrogen-bond acceptors (Lipinski definition) is 5. The molecule has 2 atom stereocenters. The van der Waals surface area contributed by atoms with Crippen molar-refractivity contribution in [1.29, 1.82) is 0 Å². The van der Waals surface area contributed by atoms with Gasteiger partial charge in [0, 0.05) is 18.7 Å². The molecule has 1 aromatic carbocycles. The number of phenolic OH excluding ortho intramolecular Hbond substituents is 2. The number of nitrogens with one attached hydrogen (secondary N) is 1. The summed E-state index contributed by atoms with van der Waals surface area (Å²) in [6, 6.07) is 3.94. The van der Waals surface area contributed by atoms with E-state index in [4.69, 9.17) is 9.84 Å². The summed E-state index contributed by atoms with van der Waals surface area (Å²) < 4.78 is 4.95. The third-order valence-corrected chi connectivity index (χ3v) is 2.55. The van der Waals surface area contributed by atoms with Gasteiger partial charge in [0.15, 0.2) is 0 Å².